The Hall–Kier alpha value is -1.12. The van der Waals surface area contributed by atoms with Crippen molar-refractivity contribution in [2.45, 2.75) is 51.0 Å². The Kier molecular flexibility index (Phi) is 5.81. The smallest absolute Gasteiger partial charge is 0.0342 e. The number of rotatable bonds is 8. The summed E-state index contributed by atoms with van der Waals surface area (Å²) in [6.07, 6.45) is 9.58. The molecule has 1 aliphatic carbocycles. The van der Waals surface area contributed by atoms with Gasteiger partial charge in [0.05, 0.1) is 0 Å². The fraction of sp³-hybridized carbons (Fsp3) is 0.556. The van der Waals surface area contributed by atoms with Crippen LogP contribution in [0, 0.1) is 0 Å². The molecule has 0 aliphatic heterocycles. The van der Waals surface area contributed by atoms with Gasteiger partial charge < -0.3 is 11.1 Å². The van der Waals surface area contributed by atoms with E-state index in [9.17, 15) is 0 Å². The highest BCUT2D eigenvalue weighted by Crippen LogP contribution is 2.21. The highest BCUT2D eigenvalue weighted by molar-refractivity contribution is 5.18. The SMILES string of the molecule is CCC(CN)(Cc1ccccc1)NCCC1=CCCC1. The molecule has 0 spiro atoms. The summed E-state index contributed by atoms with van der Waals surface area (Å²) in [5.74, 6) is 0. The minimum atomic E-state index is 0.0422. The van der Waals surface area contributed by atoms with Crippen molar-refractivity contribution in [3.8, 4) is 0 Å². The summed E-state index contributed by atoms with van der Waals surface area (Å²) < 4.78 is 0. The predicted octanol–water partition coefficient (Wildman–Crippen LogP) is 3.43. The normalized spacial score (nSPS) is 17.8. The molecule has 0 saturated carbocycles. The molecule has 0 radical (unpaired) electrons. The molecule has 110 valence electrons. The van der Waals surface area contributed by atoms with Crippen LogP contribution in [0.3, 0.4) is 0 Å². The first kappa shape index (κ1) is 15.3. The zero-order valence-corrected chi connectivity index (χ0v) is 12.7. The van der Waals surface area contributed by atoms with Gasteiger partial charge in [0.25, 0.3) is 0 Å². The van der Waals surface area contributed by atoms with Crippen LogP contribution < -0.4 is 11.1 Å². The Morgan fingerprint density at radius 3 is 2.65 bits per heavy atom. The van der Waals surface area contributed by atoms with E-state index in [0.29, 0.717) is 6.54 Å². The van der Waals surface area contributed by atoms with E-state index >= 15 is 0 Å². The van der Waals surface area contributed by atoms with E-state index < -0.39 is 0 Å². The standard InChI is InChI=1S/C18H28N2/c1-2-18(15-19,14-17-10-4-3-5-11-17)20-13-12-16-8-6-7-9-16/h3-5,8,10-11,20H,2,6-7,9,12-15,19H2,1H3. The molecule has 2 rings (SSSR count). The highest BCUT2D eigenvalue weighted by atomic mass is 15.0. The maximum Gasteiger partial charge on any atom is 0.0342 e. The second-order valence-electron chi connectivity index (χ2n) is 5.93. The minimum Gasteiger partial charge on any atom is -0.329 e. The third-order valence-electron chi connectivity index (χ3n) is 4.53. The van der Waals surface area contributed by atoms with Gasteiger partial charge in [-0.25, -0.2) is 0 Å². The van der Waals surface area contributed by atoms with Crippen molar-refractivity contribution in [1.82, 2.24) is 5.32 Å². The van der Waals surface area contributed by atoms with Crippen LogP contribution in [-0.4, -0.2) is 18.6 Å². The summed E-state index contributed by atoms with van der Waals surface area (Å²) in [5, 5.41) is 3.74. The van der Waals surface area contributed by atoms with E-state index in [2.05, 4.69) is 48.6 Å². The van der Waals surface area contributed by atoms with Gasteiger partial charge in [0, 0.05) is 12.1 Å². The maximum atomic E-state index is 6.08. The summed E-state index contributed by atoms with van der Waals surface area (Å²) >= 11 is 0. The number of nitrogens with two attached hydrogens (primary N) is 1. The summed E-state index contributed by atoms with van der Waals surface area (Å²) in [4.78, 5) is 0. The molecule has 2 heteroatoms. The third kappa shape index (κ3) is 4.19. The lowest BCUT2D eigenvalue weighted by molar-refractivity contribution is 0.320. The van der Waals surface area contributed by atoms with Gasteiger partial charge in [-0.3, -0.25) is 0 Å². The van der Waals surface area contributed by atoms with Crippen molar-refractivity contribution in [3.05, 3.63) is 47.5 Å². The Balaban J connectivity index is 1.90. The van der Waals surface area contributed by atoms with E-state index in [1.807, 2.05) is 0 Å². The van der Waals surface area contributed by atoms with Gasteiger partial charge >= 0.3 is 0 Å². The van der Waals surface area contributed by atoms with Crippen LogP contribution in [0.2, 0.25) is 0 Å². The Morgan fingerprint density at radius 1 is 1.25 bits per heavy atom. The lowest BCUT2D eigenvalue weighted by Gasteiger charge is -2.33. The van der Waals surface area contributed by atoms with E-state index in [0.717, 1.165) is 19.4 Å². The van der Waals surface area contributed by atoms with Gasteiger partial charge in [-0.05, 0) is 50.6 Å². The van der Waals surface area contributed by atoms with E-state index in [4.69, 9.17) is 5.73 Å². The molecule has 1 aromatic rings. The molecule has 1 aromatic carbocycles. The summed E-state index contributed by atoms with van der Waals surface area (Å²) in [6, 6.07) is 10.7. The van der Waals surface area contributed by atoms with E-state index in [-0.39, 0.29) is 5.54 Å². The van der Waals surface area contributed by atoms with E-state index in [1.165, 1.54) is 31.2 Å². The summed E-state index contributed by atoms with van der Waals surface area (Å²) in [5.41, 5.74) is 9.12. The highest BCUT2D eigenvalue weighted by Gasteiger charge is 2.26. The average Bonchev–Trinajstić information content (AvgIpc) is 3.00. The molecule has 0 aromatic heterocycles. The number of nitrogens with one attached hydrogen (secondary N) is 1. The average molecular weight is 272 g/mol. The lowest BCUT2D eigenvalue weighted by atomic mass is 9.88. The Labute approximate surface area is 123 Å². The zero-order valence-electron chi connectivity index (χ0n) is 12.7. The molecule has 2 nitrogen and oxygen atoms in total. The molecule has 1 aliphatic rings. The van der Waals surface area contributed by atoms with E-state index in [1.54, 1.807) is 5.57 Å². The van der Waals surface area contributed by atoms with Gasteiger partial charge in [0.2, 0.25) is 0 Å². The van der Waals surface area contributed by atoms with Crippen molar-refractivity contribution < 1.29 is 0 Å². The largest absolute Gasteiger partial charge is 0.329 e. The first-order chi connectivity index (χ1) is 9.78. The Bertz CT molecular complexity index is 418. The molecule has 1 atom stereocenters. The summed E-state index contributed by atoms with van der Waals surface area (Å²) in [6.45, 7) is 3.97. The number of hydrogen-bond acceptors (Lipinski definition) is 2. The van der Waals surface area contributed by atoms with Gasteiger partial charge in [-0.1, -0.05) is 48.9 Å². The zero-order chi connectivity index (χ0) is 14.3. The van der Waals surface area contributed by atoms with Crippen LogP contribution in [0.5, 0.6) is 0 Å². The first-order valence-corrected chi connectivity index (χ1v) is 7.95. The van der Waals surface area contributed by atoms with Gasteiger partial charge in [-0.2, -0.15) is 0 Å². The van der Waals surface area contributed by atoms with Gasteiger partial charge in [-0.15, -0.1) is 0 Å². The van der Waals surface area contributed by atoms with Crippen LogP contribution in [0.25, 0.3) is 0 Å². The van der Waals surface area contributed by atoms with Crippen LogP contribution in [0.4, 0.5) is 0 Å². The molecular formula is C18H28N2. The van der Waals surface area contributed by atoms with Crippen molar-refractivity contribution >= 4 is 0 Å². The third-order valence-corrected chi connectivity index (χ3v) is 4.53. The number of benzene rings is 1. The van der Waals surface area contributed by atoms with Gasteiger partial charge in [0.1, 0.15) is 0 Å². The fourth-order valence-corrected chi connectivity index (χ4v) is 3.04. The van der Waals surface area contributed by atoms with Crippen molar-refractivity contribution in [1.29, 1.82) is 0 Å². The fourth-order valence-electron chi connectivity index (χ4n) is 3.04. The Morgan fingerprint density at radius 2 is 2.05 bits per heavy atom. The van der Waals surface area contributed by atoms with Crippen molar-refractivity contribution in [2.75, 3.05) is 13.1 Å². The van der Waals surface area contributed by atoms with Crippen LogP contribution >= 0.6 is 0 Å². The monoisotopic (exact) mass is 272 g/mol. The predicted molar refractivity (Wildman–Crippen MR) is 86.8 cm³/mol. The molecule has 0 amide bonds. The number of hydrogen-bond donors (Lipinski definition) is 2. The second kappa shape index (κ2) is 7.61. The minimum absolute atomic E-state index is 0.0422. The molecule has 0 heterocycles. The molecule has 20 heavy (non-hydrogen) atoms. The molecule has 3 N–H and O–H groups in total. The van der Waals surface area contributed by atoms with Crippen molar-refractivity contribution in [3.63, 3.8) is 0 Å². The quantitative estimate of drug-likeness (QED) is 0.712. The molecular weight excluding hydrogens is 244 g/mol. The van der Waals surface area contributed by atoms with Crippen molar-refractivity contribution in [2.24, 2.45) is 5.73 Å². The summed E-state index contributed by atoms with van der Waals surface area (Å²) in [7, 11) is 0. The van der Waals surface area contributed by atoms with Crippen LogP contribution in [-0.2, 0) is 6.42 Å². The molecule has 0 saturated heterocycles. The molecule has 0 fully saturated rings. The number of allylic oxidation sites excluding steroid dienone is 1. The molecule has 1 unspecified atom stereocenters. The topological polar surface area (TPSA) is 38.0 Å². The first-order valence-electron chi connectivity index (χ1n) is 7.95. The van der Waals surface area contributed by atoms with Crippen LogP contribution in [0.15, 0.2) is 42.0 Å². The maximum absolute atomic E-state index is 6.08. The lowest BCUT2D eigenvalue weighted by Crippen LogP contribution is -2.52. The van der Waals surface area contributed by atoms with Gasteiger partial charge in [0.15, 0.2) is 0 Å². The van der Waals surface area contributed by atoms with Crippen LogP contribution in [0.1, 0.15) is 44.6 Å². The second-order valence-corrected chi connectivity index (χ2v) is 5.93. The molecule has 0 bridgehead atoms.